The SMILES string of the molecule is C[C@]12CC[C@H](O)C[C@@H]1CC[C@H]1[C@H]3CC[C@@H](N)[C@@]3(C)CC[C@@H]12. The molecule has 0 radical (unpaired) electrons. The summed E-state index contributed by atoms with van der Waals surface area (Å²) < 4.78 is 0. The minimum atomic E-state index is -0.0200. The van der Waals surface area contributed by atoms with E-state index in [0.717, 1.165) is 36.5 Å². The molecule has 0 aromatic rings. The van der Waals surface area contributed by atoms with E-state index < -0.39 is 0 Å². The van der Waals surface area contributed by atoms with E-state index in [9.17, 15) is 5.11 Å². The largest absolute Gasteiger partial charge is 0.393 e. The van der Waals surface area contributed by atoms with E-state index >= 15 is 0 Å². The van der Waals surface area contributed by atoms with Gasteiger partial charge in [0.05, 0.1) is 6.10 Å². The van der Waals surface area contributed by atoms with Crippen molar-refractivity contribution in [1.29, 1.82) is 0 Å². The first-order valence-electron chi connectivity index (χ1n) is 9.39. The first kappa shape index (κ1) is 14.5. The quantitative estimate of drug-likeness (QED) is 0.714. The van der Waals surface area contributed by atoms with E-state index in [1.807, 2.05) is 0 Å². The molecule has 21 heavy (non-hydrogen) atoms. The number of fused-ring (bicyclic) bond motifs is 5. The Kier molecular flexibility index (Phi) is 3.25. The van der Waals surface area contributed by atoms with Crippen molar-refractivity contribution in [2.45, 2.75) is 83.8 Å². The topological polar surface area (TPSA) is 46.2 Å². The van der Waals surface area contributed by atoms with Crippen molar-refractivity contribution in [2.24, 2.45) is 40.2 Å². The first-order chi connectivity index (χ1) is 9.95. The highest BCUT2D eigenvalue weighted by Crippen LogP contribution is 2.65. The van der Waals surface area contributed by atoms with E-state index in [1.54, 1.807) is 0 Å². The molecule has 0 amide bonds. The zero-order chi connectivity index (χ0) is 14.8. The van der Waals surface area contributed by atoms with Crippen molar-refractivity contribution in [3.05, 3.63) is 0 Å². The van der Waals surface area contributed by atoms with Gasteiger partial charge in [-0.05, 0) is 92.3 Å². The minimum Gasteiger partial charge on any atom is -0.393 e. The molecule has 0 aromatic heterocycles. The summed E-state index contributed by atoms with van der Waals surface area (Å²) >= 11 is 0. The van der Waals surface area contributed by atoms with Gasteiger partial charge in [0.25, 0.3) is 0 Å². The Hall–Kier alpha value is -0.0800. The molecule has 0 aromatic carbocycles. The van der Waals surface area contributed by atoms with Crippen molar-refractivity contribution in [2.75, 3.05) is 0 Å². The number of nitrogens with two attached hydrogens (primary N) is 1. The van der Waals surface area contributed by atoms with Gasteiger partial charge >= 0.3 is 0 Å². The number of hydrogen-bond donors (Lipinski definition) is 2. The van der Waals surface area contributed by atoms with Crippen molar-refractivity contribution in [3.8, 4) is 0 Å². The fraction of sp³-hybridized carbons (Fsp3) is 1.00. The van der Waals surface area contributed by atoms with Gasteiger partial charge in [-0.2, -0.15) is 0 Å². The molecule has 2 heteroatoms. The van der Waals surface area contributed by atoms with Crippen LogP contribution in [0.25, 0.3) is 0 Å². The van der Waals surface area contributed by atoms with Crippen LogP contribution in [0, 0.1) is 34.5 Å². The van der Waals surface area contributed by atoms with Crippen LogP contribution in [0.2, 0.25) is 0 Å². The highest BCUT2D eigenvalue weighted by molar-refractivity contribution is 5.10. The van der Waals surface area contributed by atoms with Crippen LogP contribution >= 0.6 is 0 Å². The van der Waals surface area contributed by atoms with Gasteiger partial charge in [-0.1, -0.05) is 13.8 Å². The van der Waals surface area contributed by atoms with Gasteiger partial charge in [-0.25, -0.2) is 0 Å². The highest BCUT2D eigenvalue weighted by Gasteiger charge is 2.59. The second-order valence-electron chi connectivity index (χ2n) is 9.31. The number of aliphatic hydroxyl groups excluding tert-OH is 1. The Morgan fingerprint density at radius 2 is 1.57 bits per heavy atom. The van der Waals surface area contributed by atoms with E-state index in [-0.39, 0.29) is 6.10 Å². The Balaban J connectivity index is 1.62. The van der Waals surface area contributed by atoms with Crippen LogP contribution in [0.15, 0.2) is 0 Å². The van der Waals surface area contributed by atoms with Crippen LogP contribution in [-0.2, 0) is 0 Å². The first-order valence-corrected chi connectivity index (χ1v) is 9.39. The fourth-order valence-corrected chi connectivity index (χ4v) is 7.28. The average molecular weight is 291 g/mol. The van der Waals surface area contributed by atoms with Crippen molar-refractivity contribution in [3.63, 3.8) is 0 Å². The van der Waals surface area contributed by atoms with Crippen LogP contribution in [0.1, 0.15) is 71.6 Å². The van der Waals surface area contributed by atoms with Gasteiger partial charge in [0.2, 0.25) is 0 Å². The molecule has 4 aliphatic rings. The van der Waals surface area contributed by atoms with E-state index in [1.165, 1.54) is 44.9 Å². The van der Waals surface area contributed by atoms with E-state index in [0.29, 0.717) is 16.9 Å². The summed E-state index contributed by atoms with van der Waals surface area (Å²) in [7, 11) is 0. The van der Waals surface area contributed by atoms with Crippen molar-refractivity contribution in [1.82, 2.24) is 0 Å². The smallest absolute Gasteiger partial charge is 0.0543 e. The maximum absolute atomic E-state index is 10.1. The molecule has 0 spiro atoms. The third kappa shape index (κ3) is 1.91. The summed E-state index contributed by atoms with van der Waals surface area (Å²) in [5, 5.41) is 10.1. The summed E-state index contributed by atoms with van der Waals surface area (Å²) in [4.78, 5) is 0. The summed E-state index contributed by atoms with van der Waals surface area (Å²) in [5.74, 6) is 3.50. The summed E-state index contributed by atoms with van der Waals surface area (Å²) in [6.07, 6.45) is 11.5. The van der Waals surface area contributed by atoms with Gasteiger partial charge in [0, 0.05) is 6.04 Å². The standard InChI is InChI=1S/C19H33NO/c1-18-9-7-13(21)11-12(18)3-4-14-15-5-6-17(20)19(15,2)10-8-16(14)18/h12-17,21H,3-11,20H2,1-2H3/t12-,13-,14-,15+,16-,17+,18-,19-/m0/s1. The molecule has 4 aliphatic carbocycles. The second-order valence-corrected chi connectivity index (χ2v) is 9.31. The molecule has 0 saturated heterocycles. The highest BCUT2D eigenvalue weighted by atomic mass is 16.3. The van der Waals surface area contributed by atoms with Gasteiger partial charge in [0.1, 0.15) is 0 Å². The Labute approximate surface area is 129 Å². The lowest BCUT2D eigenvalue weighted by molar-refractivity contribution is -0.122. The normalized spacial score (nSPS) is 60.0. The van der Waals surface area contributed by atoms with Gasteiger partial charge in [0.15, 0.2) is 0 Å². The molecule has 8 atom stereocenters. The van der Waals surface area contributed by atoms with Crippen LogP contribution < -0.4 is 5.73 Å². The second kappa shape index (κ2) is 4.71. The van der Waals surface area contributed by atoms with Gasteiger partial charge in [-0.3, -0.25) is 0 Å². The predicted octanol–water partition coefficient (Wildman–Crippen LogP) is 3.72. The molecule has 4 fully saturated rings. The summed E-state index contributed by atoms with van der Waals surface area (Å²) in [5.41, 5.74) is 7.43. The number of rotatable bonds is 0. The lowest BCUT2D eigenvalue weighted by Gasteiger charge is -2.60. The molecule has 0 bridgehead atoms. The molecule has 0 heterocycles. The molecule has 4 saturated carbocycles. The van der Waals surface area contributed by atoms with Gasteiger partial charge < -0.3 is 10.8 Å². The molecule has 120 valence electrons. The summed E-state index contributed by atoms with van der Waals surface area (Å²) in [6, 6.07) is 0.446. The number of aliphatic hydroxyl groups is 1. The minimum absolute atomic E-state index is 0.0200. The maximum Gasteiger partial charge on any atom is 0.0543 e. The van der Waals surface area contributed by atoms with E-state index in [4.69, 9.17) is 5.73 Å². The zero-order valence-electron chi connectivity index (χ0n) is 13.9. The van der Waals surface area contributed by atoms with Crippen LogP contribution in [0.5, 0.6) is 0 Å². The molecule has 0 unspecified atom stereocenters. The number of hydrogen-bond acceptors (Lipinski definition) is 2. The Morgan fingerprint density at radius 1 is 0.857 bits per heavy atom. The monoisotopic (exact) mass is 291 g/mol. The van der Waals surface area contributed by atoms with E-state index in [2.05, 4.69) is 13.8 Å². The third-order valence-electron chi connectivity index (χ3n) is 8.71. The Morgan fingerprint density at radius 3 is 2.38 bits per heavy atom. The Bertz CT molecular complexity index is 424. The third-order valence-corrected chi connectivity index (χ3v) is 8.71. The summed E-state index contributed by atoms with van der Waals surface area (Å²) in [6.45, 7) is 5.06. The predicted molar refractivity (Wildman–Crippen MR) is 85.7 cm³/mol. The lowest BCUT2D eigenvalue weighted by Crippen LogP contribution is -2.55. The zero-order valence-corrected chi connectivity index (χ0v) is 13.9. The van der Waals surface area contributed by atoms with Crippen LogP contribution in [0.3, 0.4) is 0 Å². The van der Waals surface area contributed by atoms with Gasteiger partial charge in [-0.15, -0.1) is 0 Å². The van der Waals surface area contributed by atoms with Crippen molar-refractivity contribution >= 4 is 0 Å². The molecule has 2 nitrogen and oxygen atoms in total. The average Bonchev–Trinajstić information content (AvgIpc) is 2.76. The fourth-order valence-electron chi connectivity index (χ4n) is 7.28. The molecule has 0 aliphatic heterocycles. The molecular formula is C19H33NO. The lowest BCUT2D eigenvalue weighted by atomic mass is 9.45. The van der Waals surface area contributed by atoms with Crippen LogP contribution in [0.4, 0.5) is 0 Å². The molecule has 3 N–H and O–H groups in total. The van der Waals surface area contributed by atoms with Crippen LogP contribution in [-0.4, -0.2) is 17.3 Å². The molecular weight excluding hydrogens is 258 g/mol. The molecule has 4 rings (SSSR count). The maximum atomic E-state index is 10.1. The van der Waals surface area contributed by atoms with Crippen molar-refractivity contribution < 1.29 is 5.11 Å².